The largest absolute Gasteiger partial charge is 0.493 e. The Labute approximate surface area is 117 Å². The molecule has 0 saturated carbocycles. The van der Waals surface area contributed by atoms with Crippen LogP contribution in [0.25, 0.3) is 6.08 Å². The number of hydrazine groups is 1. The van der Waals surface area contributed by atoms with Crippen molar-refractivity contribution < 1.29 is 19.1 Å². The minimum Gasteiger partial charge on any atom is -0.493 e. The first-order valence-corrected chi connectivity index (χ1v) is 6.05. The summed E-state index contributed by atoms with van der Waals surface area (Å²) in [6.45, 7) is 2.99. The van der Waals surface area contributed by atoms with Gasteiger partial charge in [0.1, 0.15) is 0 Å². The van der Waals surface area contributed by atoms with Gasteiger partial charge < -0.3 is 9.47 Å². The van der Waals surface area contributed by atoms with E-state index in [9.17, 15) is 9.59 Å². The molecule has 0 bridgehead atoms. The maximum atomic E-state index is 11.4. The molecule has 1 rings (SSSR count). The van der Waals surface area contributed by atoms with Crippen LogP contribution in [0.2, 0.25) is 0 Å². The smallest absolute Gasteiger partial charge is 0.276 e. The van der Waals surface area contributed by atoms with E-state index in [4.69, 9.17) is 9.47 Å². The summed E-state index contributed by atoms with van der Waals surface area (Å²) in [6.07, 6.45) is 3.84. The minimum atomic E-state index is -0.459. The Morgan fingerprint density at radius 3 is 2.60 bits per heavy atom. The van der Waals surface area contributed by atoms with Crippen molar-refractivity contribution in [1.29, 1.82) is 0 Å². The third kappa shape index (κ3) is 5.01. The molecule has 0 fully saturated rings. The molecule has 0 aliphatic heterocycles. The average Bonchev–Trinajstić information content (AvgIpc) is 2.43. The summed E-state index contributed by atoms with van der Waals surface area (Å²) in [7, 11) is 1.53. The molecule has 1 aromatic carbocycles. The van der Waals surface area contributed by atoms with Crippen LogP contribution in [-0.2, 0) is 9.59 Å². The lowest BCUT2D eigenvalue weighted by atomic mass is 10.2. The Morgan fingerprint density at radius 2 is 2.00 bits per heavy atom. The van der Waals surface area contributed by atoms with Gasteiger partial charge in [-0.3, -0.25) is 20.4 Å². The SMILES string of the molecule is C/C=C/c1ccc(OCC(=O)NNC(C)=O)c(OC)c1. The lowest BCUT2D eigenvalue weighted by Crippen LogP contribution is -2.42. The molecule has 0 aliphatic carbocycles. The zero-order valence-electron chi connectivity index (χ0n) is 11.7. The number of amides is 2. The molecular weight excluding hydrogens is 260 g/mol. The van der Waals surface area contributed by atoms with E-state index in [1.165, 1.54) is 14.0 Å². The number of rotatable bonds is 5. The van der Waals surface area contributed by atoms with Gasteiger partial charge in [-0.2, -0.15) is 0 Å². The number of methoxy groups -OCH3 is 1. The van der Waals surface area contributed by atoms with Gasteiger partial charge in [0.2, 0.25) is 5.91 Å². The average molecular weight is 278 g/mol. The molecule has 1 aromatic rings. The highest BCUT2D eigenvalue weighted by molar-refractivity contribution is 5.81. The van der Waals surface area contributed by atoms with E-state index in [1.807, 2.05) is 25.1 Å². The first-order chi connectivity index (χ1) is 9.56. The summed E-state index contributed by atoms with van der Waals surface area (Å²) >= 11 is 0. The van der Waals surface area contributed by atoms with Crippen LogP contribution < -0.4 is 20.3 Å². The van der Waals surface area contributed by atoms with Gasteiger partial charge in [-0.15, -0.1) is 0 Å². The molecule has 2 N–H and O–H groups in total. The highest BCUT2D eigenvalue weighted by atomic mass is 16.5. The lowest BCUT2D eigenvalue weighted by Gasteiger charge is -2.11. The summed E-state index contributed by atoms with van der Waals surface area (Å²) in [6, 6.07) is 5.38. The molecule has 0 unspecified atom stereocenters. The first-order valence-electron chi connectivity index (χ1n) is 6.05. The Hall–Kier alpha value is -2.50. The number of carbonyl (C=O) groups is 2. The summed E-state index contributed by atoms with van der Waals surface area (Å²) in [4.78, 5) is 22.0. The fourth-order valence-corrected chi connectivity index (χ4v) is 1.44. The van der Waals surface area contributed by atoms with E-state index in [-0.39, 0.29) is 12.5 Å². The van der Waals surface area contributed by atoms with Crippen LogP contribution in [0.5, 0.6) is 11.5 Å². The lowest BCUT2D eigenvalue weighted by molar-refractivity contribution is -0.129. The molecule has 0 heterocycles. The summed E-state index contributed by atoms with van der Waals surface area (Å²) in [5.74, 6) is 0.179. The van der Waals surface area contributed by atoms with Gasteiger partial charge in [0.15, 0.2) is 18.1 Å². The van der Waals surface area contributed by atoms with Crippen molar-refractivity contribution in [1.82, 2.24) is 10.9 Å². The van der Waals surface area contributed by atoms with E-state index in [2.05, 4.69) is 10.9 Å². The van der Waals surface area contributed by atoms with Gasteiger partial charge in [0, 0.05) is 6.92 Å². The highest BCUT2D eigenvalue weighted by Crippen LogP contribution is 2.28. The Bertz CT molecular complexity index is 512. The quantitative estimate of drug-likeness (QED) is 0.795. The fraction of sp³-hybridized carbons (Fsp3) is 0.286. The molecule has 0 atom stereocenters. The summed E-state index contributed by atoms with van der Waals surface area (Å²) < 4.78 is 10.5. The molecule has 6 nitrogen and oxygen atoms in total. The Balaban J connectivity index is 2.63. The molecule has 0 aliphatic rings. The van der Waals surface area contributed by atoms with E-state index in [0.717, 1.165) is 5.56 Å². The topological polar surface area (TPSA) is 76.7 Å². The van der Waals surface area contributed by atoms with Crippen LogP contribution in [0.15, 0.2) is 24.3 Å². The second kappa shape index (κ2) is 7.83. The van der Waals surface area contributed by atoms with E-state index in [0.29, 0.717) is 11.5 Å². The first kappa shape index (κ1) is 15.6. The van der Waals surface area contributed by atoms with Crippen molar-refractivity contribution >= 4 is 17.9 Å². The zero-order valence-corrected chi connectivity index (χ0v) is 11.7. The number of nitrogens with one attached hydrogen (secondary N) is 2. The summed E-state index contributed by atoms with van der Waals surface area (Å²) in [5.41, 5.74) is 5.35. The minimum absolute atomic E-state index is 0.223. The molecule has 20 heavy (non-hydrogen) atoms. The van der Waals surface area contributed by atoms with Crippen LogP contribution in [0.4, 0.5) is 0 Å². The molecule has 2 amide bonds. The van der Waals surface area contributed by atoms with Crippen LogP contribution in [0.1, 0.15) is 19.4 Å². The maximum absolute atomic E-state index is 11.4. The van der Waals surface area contributed by atoms with Gasteiger partial charge in [0.05, 0.1) is 7.11 Å². The van der Waals surface area contributed by atoms with Gasteiger partial charge in [-0.25, -0.2) is 0 Å². The third-order valence-electron chi connectivity index (χ3n) is 2.28. The van der Waals surface area contributed by atoms with Crippen molar-refractivity contribution in [3.63, 3.8) is 0 Å². The molecule has 6 heteroatoms. The molecular formula is C14H18N2O4. The molecule has 0 saturated heterocycles. The van der Waals surface area contributed by atoms with Gasteiger partial charge in [0.25, 0.3) is 5.91 Å². The second-order valence-corrected chi connectivity index (χ2v) is 3.93. The predicted molar refractivity (Wildman–Crippen MR) is 75.2 cm³/mol. The zero-order chi connectivity index (χ0) is 15.0. The number of carbonyl (C=O) groups excluding carboxylic acids is 2. The second-order valence-electron chi connectivity index (χ2n) is 3.93. The summed E-state index contributed by atoms with van der Waals surface area (Å²) in [5, 5.41) is 0. The third-order valence-corrected chi connectivity index (χ3v) is 2.28. The van der Waals surface area contributed by atoms with Crippen LogP contribution >= 0.6 is 0 Å². The number of hydrogen-bond acceptors (Lipinski definition) is 4. The van der Waals surface area contributed by atoms with Gasteiger partial charge in [-0.1, -0.05) is 18.2 Å². The molecule has 108 valence electrons. The molecule has 0 spiro atoms. The van der Waals surface area contributed by atoms with Gasteiger partial charge >= 0.3 is 0 Å². The van der Waals surface area contributed by atoms with Crippen molar-refractivity contribution in [2.75, 3.05) is 13.7 Å². The number of benzene rings is 1. The standard InChI is InChI=1S/C14H18N2O4/c1-4-5-11-6-7-12(13(8-11)19-3)20-9-14(18)16-15-10(2)17/h4-8H,9H2,1-3H3,(H,15,17)(H,16,18)/b5-4+. The molecule has 0 aromatic heterocycles. The maximum Gasteiger partial charge on any atom is 0.276 e. The highest BCUT2D eigenvalue weighted by Gasteiger charge is 2.08. The Kier molecular flexibility index (Phi) is 6.09. The van der Waals surface area contributed by atoms with Gasteiger partial charge in [-0.05, 0) is 24.6 Å². The predicted octanol–water partition coefficient (Wildman–Crippen LogP) is 1.27. The normalized spacial score (nSPS) is 10.2. The van der Waals surface area contributed by atoms with E-state index < -0.39 is 5.91 Å². The van der Waals surface area contributed by atoms with E-state index >= 15 is 0 Å². The Morgan fingerprint density at radius 1 is 1.25 bits per heavy atom. The monoisotopic (exact) mass is 278 g/mol. The van der Waals surface area contributed by atoms with Crippen LogP contribution in [0.3, 0.4) is 0 Å². The fourth-order valence-electron chi connectivity index (χ4n) is 1.44. The van der Waals surface area contributed by atoms with Crippen molar-refractivity contribution in [2.24, 2.45) is 0 Å². The van der Waals surface area contributed by atoms with E-state index in [1.54, 1.807) is 12.1 Å². The van der Waals surface area contributed by atoms with Crippen molar-refractivity contribution in [3.8, 4) is 11.5 Å². The van der Waals surface area contributed by atoms with Crippen molar-refractivity contribution in [2.45, 2.75) is 13.8 Å². The number of ether oxygens (including phenoxy) is 2. The molecule has 0 radical (unpaired) electrons. The van der Waals surface area contributed by atoms with Crippen LogP contribution in [0, 0.1) is 0 Å². The van der Waals surface area contributed by atoms with Crippen molar-refractivity contribution in [3.05, 3.63) is 29.8 Å². The van der Waals surface area contributed by atoms with Crippen LogP contribution in [-0.4, -0.2) is 25.5 Å². The number of hydrogen-bond donors (Lipinski definition) is 2. The number of allylic oxidation sites excluding steroid dienone is 1.